The van der Waals surface area contributed by atoms with Crippen molar-refractivity contribution in [1.29, 1.82) is 0 Å². The van der Waals surface area contributed by atoms with Crippen LogP contribution in [0.4, 0.5) is 0 Å². The van der Waals surface area contributed by atoms with Gasteiger partial charge in [-0.25, -0.2) is 0 Å². The van der Waals surface area contributed by atoms with Crippen LogP contribution in [0, 0.1) is 0 Å². The largest absolute Gasteiger partial charge is 0.302 e. The third-order valence-electron chi connectivity index (χ3n) is 3.34. The summed E-state index contributed by atoms with van der Waals surface area (Å²) in [5, 5.41) is 0.954. The fourth-order valence-corrected chi connectivity index (χ4v) is 2.55. The molecule has 0 fully saturated rings. The Kier molecular flexibility index (Phi) is 3.02. The normalized spacial score (nSPS) is 17.3. The number of fused-ring (bicyclic) bond motifs is 1. The third kappa shape index (κ3) is 2.26. The fourth-order valence-electron chi connectivity index (χ4n) is 2.22. The van der Waals surface area contributed by atoms with E-state index in [0.717, 1.165) is 24.5 Å². The van der Waals surface area contributed by atoms with Crippen LogP contribution in [0.25, 0.3) is 0 Å². The van der Waals surface area contributed by atoms with Gasteiger partial charge in [-0.15, -0.1) is 0 Å². The Morgan fingerprint density at radius 1 is 1.25 bits per heavy atom. The van der Waals surface area contributed by atoms with Crippen LogP contribution in [-0.4, -0.2) is 18.5 Å². The molecule has 0 spiro atoms. The molecule has 2 rings (SSSR count). The number of benzene rings is 1. The molecule has 1 aromatic carbocycles. The highest BCUT2D eigenvalue weighted by molar-refractivity contribution is 6.31. The number of hydrogen-bond acceptors (Lipinski definition) is 1. The van der Waals surface area contributed by atoms with Crippen LogP contribution in [-0.2, 0) is 18.4 Å². The Balaban J connectivity index is 2.48. The predicted molar refractivity (Wildman–Crippen MR) is 70.2 cm³/mol. The molecule has 1 aliphatic heterocycles. The lowest BCUT2D eigenvalue weighted by Gasteiger charge is -2.28. The molecule has 0 amide bonds. The molecule has 0 aromatic heterocycles. The first-order chi connectivity index (χ1) is 7.38. The molecule has 0 N–H and O–H groups in total. The summed E-state index contributed by atoms with van der Waals surface area (Å²) >= 11 is 6.38. The zero-order chi connectivity index (χ0) is 11.9. The zero-order valence-electron chi connectivity index (χ0n) is 10.6. The summed E-state index contributed by atoms with van der Waals surface area (Å²) in [6.45, 7) is 8.84. The maximum atomic E-state index is 6.38. The molecule has 16 heavy (non-hydrogen) atoms. The maximum absolute atomic E-state index is 6.38. The first-order valence-electron chi connectivity index (χ1n) is 5.88. The van der Waals surface area contributed by atoms with Gasteiger partial charge in [0.1, 0.15) is 0 Å². The molecule has 1 aromatic rings. The summed E-state index contributed by atoms with van der Waals surface area (Å²) in [5.74, 6) is 0. The van der Waals surface area contributed by atoms with Gasteiger partial charge in [0.25, 0.3) is 0 Å². The second kappa shape index (κ2) is 4.05. The van der Waals surface area contributed by atoms with Crippen molar-refractivity contribution in [1.82, 2.24) is 4.90 Å². The quantitative estimate of drug-likeness (QED) is 0.666. The SMILES string of the molecule is CN1CCc2c(Cl)cc(C(C)(C)C)cc2C1. The highest BCUT2D eigenvalue weighted by Gasteiger charge is 2.21. The lowest BCUT2D eigenvalue weighted by Crippen LogP contribution is -2.27. The van der Waals surface area contributed by atoms with Crippen molar-refractivity contribution in [3.8, 4) is 0 Å². The van der Waals surface area contributed by atoms with E-state index in [4.69, 9.17) is 11.6 Å². The molecule has 0 radical (unpaired) electrons. The number of rotatable bonds is 0. The van der Waals surface area contributed by atoms with E-state index in [-0.39, 0.29) is 5.41 Å². The van der Waals surface area contributed by atoms with Crippen LogP contribution in [0.5, 0.6) is 0 Å². The van der Waals surface area contributed by atoms with Gasteiger partial charge in [0.05, 0.1) is 0 Å². The summed E-state index contributed by atoms with van der Waals surface area (Å²) in [6.07, 6.45) is 1.08. The van der Waals surface area contributed by atoms with E-state index < -0.39 is 0 Å². The van der Waals surface area contributed by atoms with Crippen LogP contribution in [0.15, 0.2) is 12.1 Å². The topological polar surface area (TPSA) is 3.24 Å². The van der Waals surface area contributed by atoms with Crippen molar-refractivity contribution in [3.05, 3.63) is 33.8 Å². The summed E-state index contributed by atoms with van der Waals surface area (Å²) in [5.41, 5.74) is 4.28. The second-order valence-corrected chi connectivity index (χ2v) is 6.24. The molecule has 2 heteroatoms. The van der Waals surface area contributed by atoms with Crippen LogP contribution in [0.2, 0.25) is 5.02 Å². The molecule has 1 nitrogen and oxygen atoms in total. The lowest BCUT2D eigenvalue weighted by atomic mass is 9.84. The Bertz CT molecular complexity index is 404. The van der Waals surface area contributed by atoms with Crippen LogP contribution >= 0.6 is 11.6 Å². The molecule has 0 aliphatic carbocycles. The second-order valence-electron chi connectivity index (χ2n) is 5.83. The summed E-state index contributed by atoms with van der Waals surface area (Å²) < 4.78 is 0. The standard InChI is InChI=1S/C14H20ClN/c1-14(2,3)11-7-10-9-16(4)6-5-12(10)13(15)8-11/h7-8H,5-6,9H2,1-4H3. The van der Waals surface area contributed by atoms with E-state index in [0.29, 0.717) is 0 Å². The Labute approximate surface area is 103 Å². The Morgan fingerprint density at radius 3 is 2.56 bits per heavy atom. The van der Waals surface area contributed by atoms with Crippen molar-refractivity contribution >= 4 is 11.6 Å². The Hall–Kier alpha value is -0.530. The zero-order valence-corrected chi connectivity index (χ0v) is 11.4. The minimum atomic E-state index is 0.175. The van der Waals surface area contributed by atoms with Gasteiger partial charge < -0.3 is 4.90 Å². The van der Waals surface area contributed by atoms with Gasteiger partial charge in [-0.05, 0) is 41.6 Å². The van der Waals surface area contributed by atoms with E-state index in [1.54, 1.807) is 0 Å². The van der Waals surface area contributed by atoms with Crippen LogP contribution < -0.4 is 0 Å². The van der Waals surface area contributed by atoms with E-state index in [1.165, 1.54) is 16.7 Å². The van der Waals surface area contributed by atoms with Gasteiger partial charge in [0.2, 0.25) is 0 Å². The number of hydrogen-bond donors (Lipinski definition) is 0. The van der Waals surface area contributed by atoms with Gasteiger partial charge in [-0.2, -0.15) is 0 Å². The Morgan fingerprint density at radius 2 is 1.94 bits per heavy atom. The summed E-state index contributed by atoms with van der Waals surface area (Å²) in [6, 6.07) is 4.47. The molecule has 1 heterocycles. The molecule has 0 saturated carbocycles. The van der Waals surface area contributed by atoms with Crippen molar-refractivity contribution in [2.24, 2.45) is 0 Å². The van der Waals surface area contributed by atoms with Crippen LogP contribution in [0.3, 0.4) is 0 Å². The van der Waals surface area contributed by atoms with E-state index >= 15 is 0 Å². The number of nitrogens with zero attached hydrogens (tertiary/aromatic N) is 1. The maximum Gasteiger partial charge on any atom is 0.0444 e. The fraction of sp³-hybridized carbons (Fsp3) is 0.571. The van der Waals surface area contributed by atoms with Crippen LogP contribution in [0.1, 0.15) is 37.5 Å². The number of halogens is 1. The third-order valence-corrected chi connectivity index (χ3v) is 3.67. The minimum Gasteiger partial charge on any atom is -0.302 e. The summed E-state index contributed by atoms with van der Waals surface area (Å²) in [4.78, 5) is 2.35. The molecular weight excluding hydrogens is 218 g/mol. The van der Waals surface area contributed by atoms with Crippen molar-refractivity contribution in [2.75, 3.05) is 13.6 Å². The van der Waals surface area contributed by atoms with Gasteiger partial charge in [0.15, 0.2) is 0 Å². The van der Waals surface area contributed by atoms with Gasteiger partial charge in [-0.3, -0.25) is 0 Å². The highest BCUT2D eigenvalue weighted by atomic mass is 35.5. The van der Waals surface area contributed by atoms with Gasteiger partial charge in [0, 0.05) is 18.1 Å². The molecule has 0 unspecified atom stereocenters. The van der Waals surface area contributed by atoms with Gasteiger partial charge >= 0.3 is 0 Å². The predicted octanol–water partition coefficient (Wildman–Crippen LogP) is 3.63. The minimum absolute atomic E-state index is 0.175. The van der Waals surface area contributed by atoms with E-state index in [1.807, 2.05) is 0 Å². The monoisotopic (exact) mass is 237 g/mol. The van der Waals surface area contributed by atoms with Crippen molar-refractivity contribution < 1.29 is 0 Å². The highest BCUT2D eigenvalue weighted by Crippen LogP contribution is 2.32. The molecule has 0 atom stereocenters. The molecule has 1 aliphatic rings. The average Bonchev–Trinajstić information content (AvgIpc) is 2.15. The molecule has 88 valence electrons. The first-order valence-corrected chi connectivity index (χ1v) is 6.26. The molecular formula is C14H20ClN. The smallest absolute Gasteiger partial charge is 0.0444 e. The number of likely N-dealkylation sites (N-methyl/N-ethyl adjacent to an activating group) is 1. The van der Waals surface area contributed by atoms with Gasteiger partial charge in [-0.1, -0.05) is 38.4 Å². The van der Waals surface area contributed by atoms with E-state index in [9.17, 15) is 0 Å². The summed E-state index contributed by atoms with van der Waals surface area (Å²) in [7, 11) is 2.17. The molecule has 0 bridgehead atoms. The van der Waals surface area contributed by atoms with E-state index in [2.05, 4.69) is 44.9 Å². The van der Waals surface area contributed by atoms with Crippen molar-refractivity contribution in [2.45, 2.75) is 39.2 Å². The first kappa shape index (κ1) is 11.9. The lowest BCUT2D eigenvalue weighted by molar-refractivity contribution is 0.312. The van der Waals surface area contributed by atoms with Crippen molar-refractivity contribution in [3.63, 3.8) is 0 Å². The average molecular weight is 238 g/mol. The molecule has 0 saturated heterocycles.